The van der Waals surface area contributed by atoms with Crippen molar-refractivity contribution in [2.24, 2.45) is 0 Å². The Morgan fingerprint density at radius 2 is 1.73 bits per heavy atom. The van der Waals surface area contributed by atoms with Crippen molar-refractivity contribution in [2.75, 3.05) is 5.32 Å². The highest BCUT2D eigenvalue weighted by Gasteiger charge is 2.16. The van der Waals surface area contributed by atoms with E-state index in [-0.39, 0.29) is 16.9 Å². The quantitative estimate of drug-likeness (QED) is 0.749. The second-order valence-corrected chi connectivity index (χ2v) is 5.93. The number of amides is 2. The molecule has 1 aliphatic carbocycles. The van der Waals surface area contributed by atoms with Crippen LogP contribution in [0.15, 0.2) is 24.3 Å². The van der Waals surface area contributed by atoms with Crippen molar-refractivity contribution in [1.82, 2.24) is 10.6 Å². The zero-order valence-corrected chi connectivity index (χ0v) is 13.5. The molecule has 2 amide bonds. The van der Waals surface area contributed by atoms with E-state index in [1.165, 1.54) is 26.2 Å². The lowest BCUT2D eigenvalue weighted by Crippen LogP contribution is -2.36. The second kappa shape index (κ2) is 7.89. The van der Waals surface area contributed by atoms with Crippen molar-refractivity contribution < 1.29 is 9.59 Å². The van der Waals surface area contributed by atoms with E-state index >= 15 is 0 Å². The van der Waals surface area contributed by atoms with Crippen molar-refractivity contribution >= 4 is 34.8 Å². The van der Waals surface area contributed by atoms with Gasteiger partial charge in [0, 0.05) is 24.2 Å². The van der Waals surface area contributed by atoms with Gasteiger partial charge in [-0.05, 0) is 49.3 Å². The Morgan fingerprint density at radius 1 is 1.09 bits per heavy atom. The summed E-state index contributed by atoms with van der Waals surface area (Å²) in [4.78, 5) is 23.1. The van der Waals surface area contributed by atoms with Gasteiger partial charge in [0.1, 0.15) is 0 Å². The first-order valence-corrected chi connectivity index (χ1v) is 7.95. The van der Waals surface area contributed by atoms with Crippen molar-refractivity contribution in [3.05, 3.63) is 29.8 Å². The minimum Gasteiger partial charge on any atom is -0.349 e. The summed E-state index contributed by atoms with van der Waals surface area (Å²) in [6, 6.07) is 7.33. The van der Waals surface area contributed by atoms with E-state index in [0.717, 1.165) is 18.5 Å². The van der Waals surface area contributed by atoms with Crippen LogP contribution in [0.1, 0.15) is 49.4 Å². The summed E-state index contributed by atoms with van der Waals surface area (Å²) in [6.07, 6.45) is 5.77. The van der Waals surface area contributed by atoms with E-state index in [1.807, 2.05) is 0 Å². The van der Waals surface area contributed by atoms with E-state index in [1.54, 1.807) is 24.3 Å². The average Bonchev–Trinajstić information content (AvgIpc) is 2.48. The Labute approximate surface area is 135 Å². The predicted molar refractivity (Wildman–Crippen MR) is 90.8 cm³/mol. The summed E-state index contributed by atoms with van der Waals surface area (Å²) in [5, 5.41) is 8.70. The molecule has 1 aliphatic rings. The number of hydrogen-bond donors (Lipinski definition) is 3. The topological polar surface area (TPSA) is 70.2 Å². The van der Waals surface area contributed by atoms with Crippen LogP contribution in [0.3, 0.4) is 0 Å². The van der Waals surface area contributed by atoms with Gasteiger partial charge in [-0.1, -0.05) is 19.3 Å². The van der Waals surface area contributed by atoms with E-state index in [9.17, 15) is 9.59 Å². The van der Waals surface area contributed by atoms with E-state index in [0.29, 0.717) is 11.6 Å². The van der Waals surface area contributed by atoms with Gasteiger partial charge < -0.3 is 16.0 Å². The molecule has 0 heterocycles. The average molecular weight is 319 g/mol. The van der Waals surface area contributed by atoms with Gasteiger partial charge in [0.2, 0.25) is 5.91 Å². The third-order valence-electron chi connectivity index (χ3n) is 3.63. The van der Waals surface area contributed by atoms with Gasteiger partial charge in [0.05, 0.1) is 0 Å². The molecule has 1 saturated carbocycles. The van der Waals surface area contributed by atoms with Crippen LogP contribution in [0.2, 0.25) is 0 Å². The minimum atomic E-state index is -0.221. The lowest BCUT2D eigenvalue weighted by molar-refractivity contribution is -0.117. The predicted octanol–water partition coefficient (Wildman–Crippen LogP) is 2.58. The smallest absolute Gasteiger partial charge is 0.251 e. The normalized spacial score (nSPS) is 15.0. The molecule has 5 nitrogen and oxygen atoms in total. The molecule has 118 valence electrons. The molecule has 1 aromatic rings. The third-order valence-corrected chi connectivity index (χ3v) is 3.84. The first-order valence-electron chi connectivity index (χ1n) is 7.54. The van der Waals surface area contributed by atoms with Crippen molar-refractivity contribution in [3.8, 4) is 0 Å². The fourth-order valence-electron chi connectivity index (χ4n) is 2.54. The van der Waals surface area contributed by atoms with Gasteiger partial charge >= 0.3 is 0 Å². The van der Waals surface area contributed by atoms with E-state index < -0.39 is 0 Å². The summed E-state index contributed by atoms with van der Waals surface area (Å²) in [5.74, 6) is -0.260. The molecular weight excluding hydrogens is 298 g/mol. The third kappa shape index (κ3) is 5.11. The second-order valence-electron chi connectivity index (χ2n) is 5.52. The van der Waals surface area contributed by atoms with Gasteiger partial charge in [-0.15, -0.1) is 0 Å². The largest absolute Gasteiger partial charge is 0.349 e. The Morgan fingerprint density at radius 3 is 2.32 bits per heavy atom. The summed E-state index contributed by atoms with van der Waals surface area (Å²) in [7, 11) is 0. The molecule has 1 aromatic carbocycles. The number of anilines is 1. The first-order chi connectivity index (χ1) is 10.5. The lowest BCUT2D eigenvalue weighted by Gasteiger charge is -2.22. The Hall–Kier alpha value is -1.95. The van der Waals surface area contributed by atoms with Crippen LogP contribution in [-0.4, -0.2) is 23.0 Å². The molecule has 0 aliphatic heterocycles. The molecule has 0 radical (unpaired) electrons. The minimum absolute atomic E-state index is 0.0390. The fraction of sp³-hybridized carbons (Fsp3) is 0.438. The maximum absolute atomic E-state index is 12.2. The van der Waals surface area contributed by atoms with Crippen LogP contribution in [-0.2, 0) is 4.79 Å². The molecule has 22 heavy (non-hydrogen) atoms. The molecule has 0 saturated heterocycles. The summed E-state index contributed by atoms with van der Waals surface area (Å²) in [6.45, 7) is 1.40. The Kier molecular flexibility index (Phi) is 5.89. The molecule has 2 rings (SSSR count). The SMILES string of the molecule is CC(=O)NC(=S)Nc1ccc(C(=O)NC2CCCCC2)cc1. The van der Waals surface area contributed by atoms with Crippen LogP contribution >= 0.6 is 12.2 Å². The molecule has 0 aromatic heterocycles. The summed E-state index contributed by atoms with van der Waals surface area (Å²) in [5.41, 5.74) is 1.36. The lowest BCUT2D eigenvalue weighted by atomic mass is 9.95. The summed E-state index contributed by atoms with van der Waals surface area (Å²) >= 11 is 4.98. The van der Waals surface area contributed by atoms with Gasteiger partial charge in [0.15, 0.2) is 5.11 Å². The van der Waals surface area contributed by atoms with Gasteiger partial charge in [-0.2, -0.15) is 0 Å². The molecular formula is C16H21N3O2S. The number of hydrogen-bond acceptors (Lipinski definition) is 3. The van der Waals surface area contributed by atoms with Crippen LogP contribution in [0, 0.1) is 0 Å². The maximum atomic E-state index is 12.2. The molecule has 6 heteroatoms. The first kappa shape index (κ1) is 16.4. The van der Waals surface area contributed by atoms with Crippen LogP contribution in [0.25, 0.3) is 0 Å². The fourth-order valence-corrected chi connectivity index (χ4v) is 2.80. The van der Waals surface area contributed by atoms with Gasteiger partial charge in [-0.25, -0.2) is 0 Å². The van der Waals surface area contributed by atoms with Gasteiger partial charge in [-0.3, -0.25) is 9.59 Å². The number of carbonyl (C=O) groups is 2. The highest BCUT2D eigenvalue weighted by molar-refractivity contribution is 7.80. The van der Waals surface area contributed by atoms with E-state index in [2.05, 4.69) is 16.0 Å². The number of carbonyl (C=O) groups excluding carboxylic acids is 2. The Bertz CT molecular complexity index is 551. The molecule has 0 atom stereocenters. The standard InChI is InChI=1S/C16H21N3O2S/c1-11(20)17-16(22)19-14-9-7-12(8-10-14)15(21)18-13-5-3-2-4-6-13/h7-10,13H,2-6H2,1H3,(H,18,21)(H2,17,19,20,22). The van der Waals surface area contributed by atoms with Crippen molar-refractivity contribution in [1.29, 1.82) is 0 Å². The Balaban J connectivity index is 1.88. The summed E-state index contributed by atoms with van der Waals surface area (Å²) < 4.78 is 0. The molecule has 3 N–H and O–H groups in total. The molecule has 1 fully saturated rings. The van der Waals surface area contributed by atoms with Crippen LogP contribution in [0.5, 0.6) is 0 Å². The maximum Gasteiger partial charge on any atom is 0.251 e. The number of thiocarbonyl (C=S) groups is 1. The number of rotatable bonds is 3. The van der Waals surface area contributed by atoms with Gasteiger partial charge in [0.25, 0.3) is 5.91 Å². The monoisotopic (exact) mass is 319 g/mol. The molecule has 0 spiro atoms. The molecule has 0 unspecified atom stereocenters. The van der Waals surface area contributed by atoms with Crippen molar-refractivity contribution in [3.63, 3.8) is 0 Å². The van der Waals surface area contributed by atoms with Crippen LogP contribution < -0.4 is 16.0 Å². The van der Waals surface area contributed by atoms with Crippen LogP contribution in [0.4, 0.5) is 5.69 Å². The zero-order chi connectivity index (χ0) is 15.9. The zero-order valence-electron chi connectivity index (χ0n) is 12.6. The molecule has 0 bridgehead atoms. The van der Waals surface area contributed by atoms with E-state index in [4.69, 9.17) is 12.2 Å². The number of benzene rings is 1. The number of nitrogens with one attached hydrogen (secondary N) is 3. The van der Waals surface area contributed by atoms with Crippen molar-refractivity contribution in [2.45, 2.75) is 45.1 Å². The highest BCUT2D eigenvalue weighted by Crippen LogP contribution is 2.18. The highest BCUT2D eigenvalue weighted by atomic mass is 32.1.